The Hall–Kier alpha value is -2.70. The van der Waals surface area contributed by atoms with Crippen LogP contribution in [-0.2, 0) is 11.2 Å². The van der Waals surface area contributed by atoms with E-state index in [2.05, 4.69) is 15.5 Å². The second kappa shape index (κ2) is 5.76. The van der Waals surface area contributed by atoms with Gasteiger partial charge in [0.1, 0.15) is 17.6 Å². The van der Waals surface area contributed by atoms with Gasteiger partial charge >= 0.3 is 5.97 Å². The van der Waals surface area contributed by atoms with Crippen molar-refractivity contribution in [3.8, 4) is 0 Å². The Morgan fingerprint density at radius 3 is 2.89 bits per heavy atom. The number of rotatable bonds is 5. The van der Waals surface area contributed by atoms with Crippen LogP contribution in [-0.4, -0.2) is 27.1 Å². The highest BCUT2D eigenvalue weighted by molar-refractivity contribution is 6.04. The Balaban J connectivity index is 2.07. The quantitative estimate of drug-likeness (QED) is 0.841. The van der Waals surface area contributed by atoms with Crippen molar-refractivity contribution in [1.29, 1.82) is 0 Å². The average Bonchev–Trinajstić information content (AvgIpc) is 2.86. The zero-order valence-electron chi connectivity index (χ0n) is 9.87. The molecule has 0 aliphatic heterocycles. The molecule has 0 bridgehead atoms. The van der Waals surface area contributed by atoms with Gasteiger partial charge in [0.05, 0.1) is 12.1 Å². The fourth-order valence-corrected chi connectivity index (χ4v) is 1.47. The van der Waals surface area contributed by atoms with Crippen LogP contribution in [0.4, 0.5) is 5.82 Å². The van der Waals surface area contributed by atoms with E-state index in [-0.39, 0.29) is 18.4 Å². The molecule has 0 fully saturated rings. The highest BCUT2D eigenvalue weighted by atomic mass is 16.5. The van der Waals surface area contributed by atoms with E-state index in [1.54, 1.807) is 24.4 Å². The summed E-state index contributed by atoms with van der Waals surface area (Å²) in [6.45, 7) is 0. The van der Waals surface area contributed by atoms with Crippen LogP contribution in [0.1, 0.15) is 22.5 Å². The predicted molar refractivity (Wildman–Crippen MR) is 64.7 cm³/mol. The van der Waals surface area contributed by atoms with Gasteiger partial charge in [-0.1, -0.05) is 11.2 Å². The molecule has 1 amide bonds. The van der Waals surface area contributed by atoms with Gasteiger partial charge in [-0.25, -0.2) is 4.98 Å². The van der Waals surface area contributed by atoms with Crippen LogP contribution in [0.5, 0.6) is 0 Å². The second-order valence-corrected chi connectivity index (χ2v) is 3.74. The van der Waals surface area contributed by atoms with Gasteiger partial charge in [-0.2, -0.15) is 0 Å². The van der Waals surface area contributed by atoms with E-state index < -0.39 is 11.9 Å². The molecule has 0 saturated carbocycles. The number of aryl methyl sites for hydroxylation is 1. The fraction of sp³-hybridized carbons (Fsp3) is 0.167. The number of amides is 1. The van der Waals surface area contributed by atoms with Crippen LogP contribution < -0.4 is 5.32 Å². The van der Waals surface area contributed by atoms with E-state index in [1.165, 1.54) is 6.26 Å². The number of nitrogens with zero attached hydrogens (tertiary/aromatic N) is 2. The Morgan fingerprint density at radius 1 is 1.37 bits per heavy atom. The third-order valence-electron chi connectivity index (χ3n) is 2.37. The molecule has 7 heteroatoms. The summed E-state index contributed by atoms with van der Waals surface area (Å²) >= 11 is 0. The van der Waals surface area contributed by atoms with E-state index >= 15 is 0 Å². The molecular weight excluding hydrogens is 250 g/mol. The van der Waals surface area contributed by atoms with E-state index in [9.17, 15) is 9.59 Å². The molecule has 0 atom stereocenters. The first kappa shape index (κ1) is 12.7. The molecule has 2 heterocycles. The molecular formula is C12H11N3O4. The first-order valence-corrected chi connectivity index (χ1v) is 5.54. The molecule has 7 nitrogen and oxygen atoms in total. The first-order chi connectivity index (χ1) is 9.16. The van der Waals surface area contributed by atoms with Crippen LogP contribution >= 0.6 is 0 Å². The summed E-state index contributed by atoms with van der Waals surface area (Å²) in [6, 6.07) is 5.11. The van der Waals surface area contributed by atoms with Gasteiger partial charge in [0, 0.05) is 12.6 Å². The second-order valence-electron chi connectivity index (χ2n) is 3.74. The molecule has 0 aliphatic carbocycles. The summed E-state index contributed by atoms with van der Waals surface area (Å²) < 4.78 is 4.71. The lowest BCUT2D eigenvalue weighted by atomic mass is 10.1. The number of aromatic nitrogens is 2. The van der Waals surface area contributed by atoms with Crippen molar-refractivity contribution >= 4 is 17.7 Å². The van der Waals surface area contributed by atoms with Gasteiger partial charge in [-0.3, -0.25) is 9.59 Å². The number of carbonyl (C=O) groups is 2. The monoisotopic (exact) mass is 261 g/mol. The maximum atomic E-state index is 11.9. The topological polar surface area (TPSA) is 105 Å². The lowest BCUT2D eigenvalue weighted by Crippen LogP contribution is -2.14. The summed E-state index contributed by atoms with van der Waals surface area (Å²) in [4.78, 5) is 26.4. The van der Waals surface area contributed by atoms with Crippen molar-refractivity contribution in [2.45, 2.75) is 12.8 Å². The van der Waals surface area contributed by atoms with Crippen LogP contribution in [0.2, 0.25) is 0 Å². The number of hydrogen-bond acceptors (Lipinski definition) is 5. The minimum absolute atomic E-state index is 0.115. The average molecular weight is 261 g/mol. The number of carboxylic acid groups (broad SMARTS) is 1. The Morgan fingerprint density at radius 2 is 2.21 bits per heavy atom. The molecule has 19 heavy (non-hydrogen) atoms. The van der Waals surface area contributed by atoms with Gasteiger partial charge in [0.15, 0.2) is 0 Å². The summed E-state index contributed by atoms with van der Waals surface area (Å²) in [6.07, 6.45) is 2.76. The number of aliphatic carboxylic acids is 1. The summed E-state index contributed by atoms with van der Waals surface area (Å²) in [5.74, 6) is -0.989. The minimum Gasteiger partial charge on any atom is -0.481 e. The largest absolute Gasteiger partial charge is 0.481 e. The number of carboxylic acids is 1. The van der Waals surface area contributed by atoms with E-state index in [0.29, 0.717) is 11.5 Å². The normalized spacial score (nSPS) is 10.1. The lowest BCUT2D eigenvalue weighted by molar-refractivity contribution is -0.136. The Kier molecular flexibility index (Phi) is 3.87. The number of nitrogens with one attached hydrogen (secondary N) is 1. The number of pyridine rings is 1. The standard InChI is InChI=1S/C12H11N3O4/c16-11(17)5-4-9-8(7-19-15-9)12(18)14-10-3-1-2-6-13-10/h1-3,6-7H,4-5H2,(H,16,17)(H,13,14,18). The number of carbonyl (C=O) groups excluding carboxylic acids is 1. The molecule has 0 aliphatic rings. The molecule has 0 saturated heterocycles. The summed E-state index contributed by atoms with van der Waals surface area (Å²) in [7, 11) is 0. The van der Waals surface area contributed by atoms with Crippen molar-refractivity contribution in [3.63, 3.8) is 0 Å². The zero-order valence-corrected chi connectivity index (χ0v) is 9.87. The summed E-state index contributed by atoms with van der Waals surface area (Å²) in [5.41, 5.74) is 0.530. The molecule has 2 aromatic rings. The highest BCUT2D eigenvalue weighted by Crippen LogP contribution is 2.12. The first-order valence-electron chi connectivity index (χ1n) is 5.54. The number of hydrogen-bond donors (Lipinski definition) is 2. The molecule has 2 N–H and O–H groups in total. The van der Waals surface area contributed by atoms with Gasteiger partial charge in [0.2, 0.25) is 0 Å². The van der Waals surface area contributed by atoms with E-state index in [0.717, 1.165) is 0 Å². The van der Waals surface area contributed by atoms with Gasteiger partial charge in [-0.05, 0) is 12.1 Å². The molecule has 0 spiro atoms. The Labute approximate surface area is 108 Å². The van der Waals surface area contributed by atoms with Crippen molar-refractivity contribution in [1.82, 2.24) is 10.1 Å². The third kappa shape index (κ3) is 3.38. The fourth-order valence-electron chi connectivity index (χ4n) is 1.47. The molecule has 98 valence electrons. The number of anilines is 1. The van der Waals surface area contributed by atoms with Crippen molar-refractivity contribution in [2.75, 3.05) is 5.32 Å². The SMILES string of the molecule is O=C(O)CCc1nocc1C(=O)Nc1ccccn1. The highest BCUT2D eigenvalue weighted by Gasteiger charge is 2.17. The molecule has 0 radical (unpaired) electrons. The van der Waals surface area contributed by atoms with Crippen molar-refractivity contribution in [3.05, 3.63) is 41.9 Å². The lowest BCUT2D eigenvalue weighted by Gasteiger charge is -2.02. The summed E-state index contributed by atoms with van der Waals surface area (Å²) in [5, 5.41) is 14.8. The predicted octanol–water partition coefficient (Wildman–Crippen LogP) is 1.34. The van der Waals surface area contributed by atoms with Crippen LogP contribution in [0, 0.1) is 0 Å². The molecule has 0 aromatic carbocycles. The minimum atomic E-state index is -0.959. The van der Waals surface area contributed by atoms with Gasteiger partial charge in [-0.15, -0.1) is 0 Å². The Bertz CT molecular complexity index is 580. The maximum absolute atomic E-state index is 11.9. The smallest absolute Gasteiger partial charge is 0.303 e. The van der Waals surface area contributed by atoms with Crippen LogP contribution in [0.15, 0.2) is 35.2 Å². The third-order valence-corrected chi connectivity index (χ3v) is 2.37. The van der Waals surface area contributed by atoms with Gasteiger partial charge < -0.3 is 14.9 Å². The van der Waals surface area contributed by atoms with Crippen LogP contribution in [0.25, 0.3) is 0 Å². The molecule has 2 rings (SSSR count). The maximum Gasteiger partial charge on any atom is 0.303 e. The van der Waals surface area contributed by atoms with Gasteiger partial charge in [0.25, 0.3) is 5.91 Å². The van der Waals surface area contributed by atoms with E-state index in [4.69, 9.17) is 9.63 Å². The van der Waals surface area contributed by atoms with E-state index in [1.807, 2.05) is 0 Å². The molecule has 0 unspecified atom stereocenters. The van der Waals surface area contributed by atoms with Crippen LogP contribution in [0.3, 0.4) is 0 Å². The molecule has 2 aromatic heterocycles. The van der Waals surface area contributed by atoms with Crippen molar-refractivity contribution < 1.29 is 19.2 Å². The van der Waals surface area contributed by atoms with Crippen molar-refractivity contribution in [2.24, 2.45) is 0 Å². The zero-order chi connectivity index (χ0) is 13.7.